The molecule has 0 radical (unpaired) electrons. The molecule has 0 amide bonds. The normalized spacial score (nSPS) is 19.5. The van der Waals surface area contributed by atoms with E-state index in [0.29, 0.717) is 6.54 Å². The predicted molar refractivity (Wildman–Crippen MR) is 70.3 cm³/mol. The maximum absolute atomic E-state index is 11.8. The maximum atomic E-state index is 11.8. The van der Waals surface area contributed by atoms with Gasteiger partial charge in [0.2, 0.25) is 0 Å². The van der Waals surface area contributed by atoms with Gasteiger partial charge in [0.25, 0.3) is 0 Å². The summed E-state index contributed by atoms with van der Waals surface area (Å²) >= 11 is 3.35. The summed E-state index contributed by atoms with van der Waals surface area (Å²) in [7, 11) is 0. The third kappa shape index (κ3) is 3.91. The molecule has 1 N–H and O–H groups in total. The predicted octanol–water partition coefficient (Wildman–Crippen LogP) is 2.40. The van der Waals surface area contributed by atoms with Crippen LogP contribution in [0.25, 0.3) is 0 Å². The van der Waals surface area contributed by atoms with E-state index in [1.165, 1.54) is 0 Å². The number of rotatable bonds is 5. The lowest BCUT2D eigenvalue weighted by Gasteiger charge is -2.10. The van der Waals surface area contributed by atoms with Crippen LogP contribution in [0, 0.1) is 0 Å². The number of hydrogen-bond acceptors (Lipinski definition) is 3. The van der Waals surface area contributed by atoms with Crippen LogP contribution in [-0.4, -0.2) is 31.6 Å². The summed E-state index contributed by atoms with van der Waals surface area (Å²) in [5.74, 6) is 0.121. The van der Waals surface area contributed by atoms with Gasteiger partial charge in [0.1, 0.15) is 0 Å². The summed E-state index contributed by atoms with van der Waals surface area (Å²) in [5.41, 5.74) is 0.744. The minimum Gasteiger partial charge on any atom is -0.377 e. The number of ketones is 1. The van der Waals surface area contributed by atoms with Crippen LogP contribution in [0.3, 0.4) is 0 Å². The van der Waals surface area contributed by atoms with E-state index in [4.69, 9.17) is 4.74 Å². The molecule has 4 heteroatoms. The van der Waals surface area contributed by atoms with Crippen molar-refractivity contribution in [2.45, 2.75) is 18.9 Å². The largest absolute Gasteiger partial charge is 0.377 e. The van der Waals surface area contributed by atoms with Crippen molar-refractivity contribution in [2.75, 3.05) is 19.7 Å². The Morgan fingerprint density at radius 1 is 1.41 bits per heavy atom. The van der Waals surface area contributed by atoms with Crippen LogP contribution >= 0.6 is 15.9 Å². The Hall–Kier alpha value is -0.710. The van der Waals surface area contributed by atoms with Gasteiger partial charge >= 0.3 is 0 Å². The van der Waals surface area contributed by atoms with Crippen molar-refractivity contribution < 1.29 is 9.53 Å². The third-order valence-corrected chi connectivity index (χ3v) is 3.38. The third-order valence-electron chi connectivity index (χ3n) is 2.85. The van der Waals surface area contributed by atoms with E-state index in [0.717, 1.165) is 36.0 Å². The number of benzene rings is 1. The van der Waals surface area contributed by atoms with Crippen LogP contribution in [0.1, 0.15) is 23.2 Å². The zero-order chi connectivity index (χ0) is 12.1. The van der Waals surface area contributed by atoms with E-state index in [2.05, 4.69) is 21.2 Å². The second-order valence-electron chi connectivity index (χ2n) is 4.20. The minimum atomic E-state index is 0.121. The Morgan fingerprint density at radius 2 is 2.18 bits per heavy atom. The van der Waals surface area contributed by atoms with Crippen LogP contribution < -0.4 is 5.32 Å². The monoisotopic (exact) mass is 297 g/mol. The van der Waals surface area contributed by atoms with Crippen molar-refractivity contribution in [3.8, 4) is 0 Å². The van der Waals surface area contributed by atoms with Crippen molar-refractivity contribution in [3.63, 3.8) is 0 Å². The average molecular weight is 298 g/mol. The Kier molecular flexibility index (Phi) is 4.71. The van der Waals surface area contributed by atoms with Gasteiger partial charge < -0.3 is 10.1 Å². The molecule has 1 unspecified atom stereocenters. The zero-order valence-electron chi connectivity index (χ0n) is 9.62. The Morgan fingerprint density at radius 3 is 2.82 bits per heavy atom. The summed E-state index contributed by atoms with van der Waals surface area (Å²) in [6.07, 6.45) is 2.51. The molecule has 1 atom stereocenters. The zero-order valence-corrected chi connectivity index (χ0v) is 11.2. The molecular formula is C13H16BrNO2. The van der Waals surface area contributed by atoms with E-state index in [1.54, 1.807) is 0 Å². The van der Waals surface area contributed by atoms with Gasteiger partial charge in [-0.3, -0.25) is 4.79 Å². The fourth-order valence-electron chi connectivity index (χ4n) is 1.89. The number of hydrogen-bond donors (Lipinski definition) is 1. The van der Waals surface area contributed by atoms with Crippen molar-refractivity contribution in [1.82, 2.24) is 5.32 Å². The van der Waals surface area contributed by atoms with Gasteiger partial charge in [-0.2, -0.15) is 0 Å². The molecule has 1 heterocycles. The van der Waals surface area contributed by atoms with Crippen molar-refractivity contribution in [3.05, 3.63) is 34.3 Å². The van der Waals surface area contributed by atoms with Crippen LogP contribution in [0.15, 0.2) is 28.7 Å². The SMILES string of the molecule is O=C(CNCC1CCCO1)c1ccc(Br)cc1. The van der Waals surface area contributed by atoms with Crippen LogP contribution in [0.5, 0.6) is 0 Å². The Bertz CT molecular complexity index is 372. The van der Waals surface area contributed by atoms with Gasteiger partial charge in [0.05, 0.1) is 12.6 Å². The minimum absolute atomic E-state index is 0.121. The molecule has 0 aliphatic carbocycles. The first-order valence-electron chi connectivity index (χ1n) is 5.87. The first-order chi connectivity index (χ1) is 8.25. The molecule has 1 fully saturated rings. The van der Waals surface area contributed by atoms with Gasteiger partial charge in [0, 0.05) is 23.2 Å². The van der Waals surface area contributed by atoms with Gasteiger partial charge in [-0.1, -0.05) is 28.1 Å². The van der Waals surface area contributed by atoms with E-state index in [-0.39, 0.29) is 11.9 Å². The van der Waals surface area contributed by atoms with Crippen molar-refractivity contribution in [2.24, 2.45) is 0 Å². The van der Waals surface area contributed by atoms with E-state index < -0.39 is 0 Å². The van der Waals surface area contributed by atoms with E-state index >= 15 is 0 Å². The van der Waals surface area contributed by atoms with Crippen molar-refractivity contribution >= 4 is 21.7 Å². The van der Waals surface area contributed by atoms with E-state index in [1.807, 2.05) is 24.3 Å². The van der Waals surface area contributed by atoms with Crippen LogP contribution in [0.4, 0.5) is 0 Å². The van der Waals surface area contributed by atoms with Gasteiger partial charge in [-0.05, 0) is 25.0 Å². The smallest absolute Gasteiger partial charge is 0.176 e. The molecule has 0 bridgehead atoms. The lowest BCUT2D eigenvalue weighted by atomic mass is 10.1. The number of carbonyl (C=O) groups is 1. The molecule has 0 spiro atoms. The second-order valence-corrected chi connectivity index (χ2v) is 5.11. The molecule has 2 rings (SSSR count). The lowest BCUT2D eigenvalue weighted by Crippen LogP contribution is -2.30. The molecule has 92 valence electrons. The highest BCUT2D eigenvalue weighted by Crippen LogP contribution is 2.12. The molecule has 1 aromatic carbocycles. The Labute approximate surface area is 110 Å². The molecule has 1 aromatic rings. The number of carbonyl (C=O) groups excluding carboxylic acids is 1. The molecule has 0 saturated carbocycles. The topological polar surface area (TPSA) is 38.3 Å². The quantitative estimate of drug-likeness (QED) is 0.848. The summed E-state index contributed by atoms with van der Waals surface area (Å²) in [6, 6.07) is 7.43. The first kappa shape index (κ1) is 12.7. The van der Waals surface area contributed by atoms with Gasteiger partial charge in [-0.15, -0.1) is 0 Å². The number of nitrogens with one attached hydrogen (secondary N) is 1. The summed E-state index contributed by atoms with van der Waals surface area (Å²) in [5, 5.41) is 3.15. The molecule has 1 aliphatic rings. The van der Waals surface area contributed by atoms with Crippen molar-refractivity contribution in [1.29, 1.82) is 0 Å². The summed E-state index contributed by atoms with van der Waals surface area (Å²) in [4.78, 5) is 11.8. The number of halogens is 1. The van der Waals surface area contributed by atoms with Gasteiger partial charge in [0.15, 0.2) is 5.78 Å². The summed E-state index contributed by atoms with van der Waals surface area (Å²) < 4.78 is 6.46. The number of ether oxygens (including phenoxy) is 1. The van der Waals surface area contributed by atoms with Gasteiger partial charge in [-0.25, -0.2) is 0 Å². The van der Waals surface area contributed by atoms with E-state index in [9.17, 15) is 4.79 Å². The molecule has 1 aliphatic heterocycles. The maximum Gasteiger partial charge on any atom is 0.176 e. The van der Waals surface area contributed by atoms with Crippen LogP contribution in [-0.2, 0) is 4.74 Å². The molecule has 1 saturated heterocycles. The average Bonchev–Trinajstić information content (AvgIpc) is 2.83. The second kappa shape index (κ2) is 6.28. The molecular weight excluding hydrogens is 282 g/mol. The Balaban J connectivity index is 1.75. The van der Waals surface area contributed by atoms with Crippen LogP contribution in [0.2, 0.25) is 0 Å². The highest BCUT2D eigenvalue weighted by molar-refractivity contribution is 9.10. The number of Topliss-reactive ketones (excluding diaryl/α,β-unsaturated/α-hetero) is 1. The fraction of sp³-hybridized carbons (Fsp3) is 0.462. The molecule has 17 heavy (non-hydrogen) atoms. The lowest BCUT2D eigenvalue weighted by molar-refractivity contribution is 0.0955. The summed E-state index contributed by atoms with van der Waals surface area (Å²) in [6.45, 7) is 2.00. The highest BCUT2D eigenvalue weighted by atomic mass is 79.9. The molecule has 0 aromatic heterocycles. The molecule has 3 nitrogen and oxygen atoms in total. The highest BCUT2D eigenvalue weighted by Gasteiger charge is 2.15. The standard InChI is InChI=1S/C13H16BrNO2/c14-11-5-3-10(4-6-11)13(16)9-15-8-12-2-1-7-17-12/h3-6,12,15H,1-2,7-9H2. The fourth-order valence-corrected chi connectivity index (χ4v) is 2.15. The first-order valence-corrected chi connectivity index (χ1v) is 6.66.